The van der Waals surface area contributed by atoms with E-state index in [4.69, 9.17) is 9.84 Å². The van der Waals surface area contributed by atoms with Gasteiger partial charge in [0.25, 0.3) is 5.69 Å². The lowest BCUT2D eigenvalue weighted by Gasteiger charge is -2.48. The number of rotatable bonds is 5. The first-order valence-electron chi connectivity index (χ1n) is 6.16. The summed E-state index contributed by atoms with van der Waals surface area (Å²) in [5, 5.41) is 19.4. The minimum atomic E-state index is -1.00. The van der Waals surface area contributed by atoms with E-state index in [-0.39, 0.29) is 12.3 Å². The van der Waals surface area contributed by atoms with Gasteiger partial charge in [-0.15, -0.1) is 0 Å². The second-order valence-electron chi connectivity index (χ2n) is 5.27. The molecule has 7 heteroatoms. The van der Waals surface area contributed by atoms with Gasteiger partial charge in [-0.25, -0.2) is 4.79 Å². The number of carboxylic acids is 1. The van der Waals surface area contributed by atoms with Crippen molar-refractivity contribution in [2.24, 2.45) is 0 Å². The maximum Gasteiger partial charge on any atom is 0.329 e. The van der Waals surface area contributed by atoms with Crippen molar-refractivity contribution in [1.82, 2.24) is 0 Å². The van der Waals surface area contributed by atoms with Gasteiger partial charge in [0.1, 0.15) is 12.2 Å². The van der Waals surface area contributed by atoms with Gasteiger partial charge < -0.3 is 14.7 Å². The third kappa shape index (κ3) is 3.05. The van der Waals surface area contributed by atoms with E-state index in [1.54, 1.807) is 6.92 Å². The molecule has 0 saturated carbocycles. The largest absolute Gasteiger partial charge is 0.480 e. The van der Waals surface area contributed by atoms with E-state index in [2.05, 4.69) is 0 Å². The van der Waals surface area contributed by atoms with Crippen molar-refractivity contribution >= 4 is 17.3 Å². The van der Waals surface area contributed by atoms with Crippen molar-refractivity contribution in [3.63, 3.8) is 0 Å². The van der Waals surface area contributed by atoms with E-state index in [0.717, 1.165) is 11.3 Å². The molecule has 1 aromatic rings. The molecule has 108 valence electrons. The summed E-state index contributed by atoms with van der Waals surface area (Å²) in [6, 6.07) is 4.90. The summed E-state index contributed by atoms with van der Waals surface area (Å²) in [7, 11) is 0. The predicted octanol–water partition coefficient (Wildman–Crippen LogP) is 1.58. The van der Waals surface area contributed by atoms with Gasteiger partial charge in [-0.2, -0.15) is 0 Å². The Balaban J connectivity index is 2.05. The maximum atomic E-state index is 10.8. The molecular formula is C13H16N2O5. The molecule has 0 unspecified atom stereocenters. The summed E-state index contributed by atoms with van der Waals surface area (Å²) in [4.78, 5) is 22.8. The fourth-order valence-corrected chi connectivity index (χ4v) is 2.30. The van der Waals surface area contributed by atoms with Gasteiger partial charge in [0.05, 0.1) is 4.92 Å². The number of hydrogen-bond donors (Lipinski definition) is 1. The zero-order valence-electron chi connectivity index (χ0n) is 11.3. The molecular weight excluding hydrogens is 264 g/mol. The Bertz CT molecular complexity index is 552. The van der Waals surface area contributed by atoms with Crippen LogP contribution in [-0.2, 0) is 9.53 Å². The normalized spacial score (nSPS) is 16.6. The van der Waals surface area contributed by atoms with E-state index in [0.29, 0.717) is 13.1 Å². The van der Waals surface area contributed by atoms with Crippen LogP contribution >= 0.6 is 0 Å². The van der Waals surface area contributed by atoms with Gasteiger partial charge in [-0.05, 0) is 25.5 Å². The van der Waals surface area contributed by atoms with E-state index >= 15 is 0 Å². The molecule has 1 fully saturated rings. The zero-order chi connectivity index (χ0) is 14.9. The molecule has 0 bridgehead atoms. The van der Waals surface area contributed by atoms with Gasteiger partial charge in [0.2, 0.25) is 0 Å². The third-order valence-corrected chi connectivity index (χ3v) is 3.22. The summed E-state index contributed by atoms with van der Waals surface area (Å²) in [5.74, 6) is -1.00. The highest BCUT2D eigenvalue weighted by atomic mass is 16.6. The molecule has 0 aromatic heterocycles. The SMILES string of the molecule is Cc1cc(N2CC(C)(OCC(=O)O)C2)cc([N+](=O)[O-])c1. The third-order valence-electron chi connectivity index (χ3n) is 3.22. The molecule has 0 radical (unpaired) electrons. The molecule has 7 nitrogen and oxygen atoms in total. The van der Waals surface area contributed by atoms with Crippen LogP contribution in [0, 0.1) is 17.0 Å². The summed E-state index contributed by atoms with van der Waals surface area (Å²) < 4.78 is 5.31. The van der Waals surface area contributed by atoms with E-state index in [9.17, 15) is 14.9 Å². The second-order valence-corrected chi connectivity index (χ2v) is 5.27. The van der Waals surface area contributed by atoms with E-state index in [1.165, 1.54) is 12.1 Å². The van der Waals surface area contributed by atoms with Crippen molar-refractivity contribution in [3.8, 4) is 0 Å². The number of nitro groups is 1. The average Bonchev–Trinajstić information content (AvgIpc) is 2.32. The quantitative estimate of drug-likeness (QED) is 0.650. The summed E-state index contributed by atoms with van der Waals surface area (Å²) in [6.07, 6.45) is 0. The van der Waals surface area contributed by atoms with Crippen molar-refractivity contribution in [3.05, 3.63) is 33.9 Å². The molecule has 0 aliphatic carbocycles. The molecule has 1 heterocycles. The summed E-state index contributed by atoms with van der Waals surface area (Å²) in [5.41, 5.74) is 1.11. The number of carbonyl (C=O) groups is 1. The Kier molecular flexibility index (Phi) is 3.63. The number of aliphatic carboxylic acids is 1. The number of ether oxygens (including phenoxy) is 1. The topological polar surface area (TPSA) is 92.9 Å². The fraction of sp³-hybridized carbons (Fsp3) is 0.462. The lowest BCUT2D eigenvalue weighted by Crippen LogP contribution is -2.62. The van der Waals surface area contributed by atoms with Crippen molar-refractivity contribution in [2.75, 3.05) is 24.6 Å². The highest BCUT2D eigenvalue weighted by molar-refractivity contribution is 5.68. The number of anilines is 1. The monoisotopic (exact) mass is 280 g/mol. The standard InChI is InChI=1S/C13H16N2O5/c1-9-3-10(5-11(4-9)15(18)19)14-7-13(2,8-14)20-6-12(16)17/h3-5H,6-8H2,1-2H3,(H,16,17). The van der Waals surface area contributed by atoms with Crippen LogP contribution in [0.5, 0.6) is 0 Å². The highest BCUT2D eigenvalue weighted by Gasteiger charge is 2.40. The molecule has 1 aromatic carbocycles. The lowest BCUT2D eigenvalue weighted by atomic mass is 9.95. The summed E-state index contributed by atoms with van der Waals surface area (Å²) >= 11 is 0. The molecule has 0 amide bonds. The average molecular weight is 280 g/mol. The number of aryl methyl sites for hydroxylation is 1. The van der Waals surface area contributed by atoms with E-state index < -0.39 is 16.5 Å². The second kappa shape index (κ2) is 5.09. The zero-order valence-corrected chi connectivity index (χ0v) is 11.3. The van der Waals surface area contributed by atoms with E-state index in [1.807, 2.05) is 17.9 Å². The Morgan fingerprint density at radius 2 is 2.15 bits per heavy atom. The first-order valence-corrected chi connectivity index (χ1v) is 6.16. The van der Waals surface area contributed by atoms with Crippen LogP contribution in [0.2, 0.25) is 0 Å². The predicted molar refractivity (Wildman–Crippen MR) is 72.0 cm³/mol. The van der Waals surface area contributed by atoms with Crippen molar-refractivity contribution in [2.45, 2.75) is 19.4 Å². The fourth-order valence-electron chi connectivity index (χ4n) is 2.30. The molecule has 2 rings (SSSR count). The van der Waals surface area contributed by atoms with Gasteiger partial charge in [0.15, 0.2) is 0 Å². The maximum absolute atomic E-state index is 10.8. The molecule has 0 spiro atoms. The van der Waals surface area contributed by atoms with Gasteiger partial charge in [-0.1, -0.05) is 0 Å². The van der Waals surface area contributed by atoms with Gasteiger partial charge in [-0.3, -0.25) is 10.1 Å². The van der Waals surface area contributed by atoms with Crippen LogP contribution < -0.4 is 4.90 Å². The Morgan fingerprint density at radius 1 is 1.50 bits per heavy atom. The minimum absolute atomic E-state index is 0.0556. The molecule has 1 aliphatic rings. The van der Waals surface area contributed by atoms with Crippen molar-refractivity contribution in [1.29, 1.82) is 0 Å². The minimum Gasteiger partial charge on any atom is -0.480 e. The van der Waals surface area contributed by atoms with Crippen LogP contribution in [0.3, 0.4) is 0 Å². The first kappa shape index (κ1) is 14.3. The van der Waals surface area contributed by atoms with Crippen molar-refractivity contribution < 1.29 is 19.6 Å². The van der Waals surface area contributed by atoms with Crippen LogP contribution in [0.25, 0.3) is 0 Å². The molecule has 0 atom stereocenters. The number of carboxylic acid groups (broad SMARTS) is 1. The first-order chi connectivity index (χ1) is 9.29. The number of benzene rings is 1. The van der Waals surface area contributed by atoms with Gasteiger partial charge >= 0.3 is 5.97 Å². The molecule has 1 aliphatic heterocycles. The molecule has 20 heavy (non-hydrogen) atoms. The van der Waals surface area contributed by atoms with Gasteiger partial charge in [0, 0.05) is 30.9 Å². The van der Waals surface area contributed by atoms with Crippen LogP contribution in [-0.4, -0.2) is 41.3 Å². The van der Waals surface area contributed by atoms with Crippen LogP contribution in [0.4, 0.5) is 11.4 Å². The Morgan fingerprint density at radius 3 is 2.70 bits per heavy atom. The molecule has 1 N–H and O–H groups in total. The smallest absolute Gasteiger partial charge is 0.329 e. The Labute approximate surface area is 115 Å². The molecule has 1 saturated heterocycles. The number of nitrogens with zero attached hydrogens (tertiary/aromatic N) is 2. The summed E-state index contributed by atoms with van der Waals surface area (Å²) in [6.45, 7) is 4.33. The highest BCUT2D eigenvalue weighted by Crippen LogP contribution is 2.32. The number of non-ortho nitro benzene ring substituents is 1. The van der Waals surface area contributed by atoms with Crippen LogP contribution in [0.15, 0.2) is 18.2 Å². The number of hydrogen-bond acceptors (Lipinski definition) is 5. The number of nitro benzene ring substituents is 1. The van der Waals surface area contributed by atoms with Crippen LogP contribution in [0.1, 0.15) is 12.5 Å². The Hall–Kier alpha value is -2.15. The lowest BCUT2D eigenvalue weighted by molar-refractivity contribution is -0.384.